The summed E-state index contributed by atoms with van der Waals surface area (Å²) in [5, 5.41) is 18.3. The van der Waals surface area contributed by atoms with E-state index < -0.39 is 11.9 Å². The molecule has 2 N–H and O–H groups in total. The zero-order valence-corrected chi connectivity index (χ0v) is 12.6. The van der Waals surface area contributed by atoms with Gasteiger partial charge >= 0.3 is 11.9 Å². The average molecular weight is 298 g/mol. The molecule has 2 rings (SSSR count). The molecule has 0 spiro atoms. The van der Waals surface area contributed by atoms with Gasteiger partial charge in [0.05, 0.1) is 11.1 Å². The molecular weight excluding hydrogens is 280 g/mol. The predicted octanol–water partition coefficient (Wildman–Crippen LogP) is 3.87. The highest BCUT2D eigenvalue weighted by atomic mass is 16.4. The van der Waals surface area contributed by atoms with Gasteiger partial charge in [0.2, 0.25) is 0 Å². The van der Waals surface area contributed by atoms with E-state index >= 15 is 0 Å². The number of carbonyl (C=O) groups is 2. The molecule has 0 saturated carbocycles. The molecule has 0 amide bonds. The van der Waals surface area contributed by atoms with Gasteiger partial charge in [-0.3, -0.25) is 0 Å². The van der Waals surface area contributed by atoms with Crippen LogP contribution in [0.25, 0.3) is 11.1 Å². The molecule has 2 aromatic rings. The maximum atomic E-state index is 11.4. The Balaban J connectivity index is 2.58. The Morgan fingerprint density at radius 2 is 1.45 bits per heavy atom. The third kappa shape index (κ3) is 3.01. The van der Waals surface area contributed by atoms with Crippen LogP contribution >= 0.6 is 0 Å². The monoisotopic (exact) mass is 298 g/mol. The van der Waals surface area contributed by atoms with Crippen molar-refractivity contribution in [3.8, 4) is 11.1 Å². The summed E-state index contributed by atoms with van der Waals surface area (Å²) >= 11 is 0. The lowest BCUT2D eigenvalue weighted by molar-refractivity contribution is 0.0685. The molecule has 114 valence electrons. The number of aromatic carboxylic acids is 2. The van der Waals surface area contributed by atoms with Gasteiger partial charge in [0, 0.05) is 0 Å². The summed E-state index contributed by atoms with van der Waals surface area (Å²) in [6.07, 6.45) is 1.34. The van der Waals surface area contributed by atoms with E-state index in [-0.39, 0.29) is 5.56 Å². The molecule has 0 aliphatic carbocycles. The number of benzene rings is 2. The van der Waals surface area contributed by atoms with Gasteiger partial charge < -0.3 is 10.2 Å². The fraction of sp³-hybridized carbons (Fsp3) is 0.222. The van der Waals surface area contributed by atoms with Crippen molar-refractivity contribution in [3.05, 3.63) is 58.7 Å². The predicted molar refractivity (Wildman–Crippen MR) is 84.6 cm³/mol. The van der Waals surface area contributed by atoms with Crippen LogP contribution in [0.2, 0.25) is 0 Å². The number of carboxylic acid groups (broad SMARTS) is 2. The maximum Gasteiger partial charge on any atom is 0.335 e. The van der Waals surface area contributed by atoms with Gasteiger partial charge in [-0.25, -0.2) is 9.59 Å². The fourth-order valence-electron chi connectivity index (χ4n) is 2.53. The van der Waals surface area contributed by atoms with Crippen molar-refractivity contribution in [2.75, 3.05) is 0 Å². The fourth-order valence-corrected chi connectivity index (χ4v) is 2.53. The van der Waals surface area contributed by atoms with Crippen LogP contribution in [-0.2, 0) is 12.8 Å². The van der Waals surface area contributed by atoms with Crippen LogP contribution in [0.4, 0.5) is 0 Å². The van der Waals surface area contributed by atoms with Crippen molar-refractivity contribution < 1.29 is 19.8 Å². The van der Waals surface area contributed by atoms with E-state index in [2.05, 4.69) is 0 Å². The van der Waals surface area contributed by atoms with Gasteiger partial charge in [-0.05, 0) is 53.3 Å². The van der Waals surface area contributed by atoms with Crippen molar-refractivity contribution >= 4 is 11.9 Å². The van der Waals surface area contributed by atoms with Crippen molar-refractivity contribution in [3.63, 3.8) is 0 Å². The van der Waals surface area contributed by atoms with Crippen molar-refractivity contribution in [2.45, 2.75) is 26.7 Å². The van der Waals surface area contributed by atoms with Gasteiger partial charge in [0.1, 0.15) is 0 Å². The molecule has 0 aromatic heterocycles. The number of hydrogen-bond acceptors (Lipinski definition) is 2. The smallest absolute Gasteiger partial charge is 0.335 e. The van der Waals surface area contributed by atoms with Crippen LogP contribution in [0.5, 0.6) is 0 Å². The summed E-state index contributed by atoms with van der Waals surface area (Å²) in [5.41, 5.74) is 4.15. The topological polar surface area (TPSA) is 74.6 Å². The summed E-state index contributed by atoms with van der Waals surface area (Å²) in [6.45, 7) is 3.90. The highest BCUT2D eigenvalue weighted by Crippen LogP contribution is 2.28. The molecule has 0 radical (unpaired) electrons. The quantitative estimate of drug-likeness (QED) is 0.878. The van der Waals surface area contributed by atoms with E-state index in [4.69, 9.17) is 5.11 Å². The van der Waals surface area contributed by atoms with Crippen molar-refractivity contribution in [1.82, 2.24) is 0 Å². The molecule has 0 saturated heterocycles. The molecule has 4 nitrogen and oxygen atoms in total. The van der Waals surface area contributed by atoms with Gasteiger partial charge in [0.15, 0.2) is 0 Å². The zero-order valence-electron chi connectivity index (χ0n) is 12.6. The Kier molecular flexibility index (Phi) is 4.61. The highest BCUT2D eigenvalue weighted by Gasteiger charge is 2.14. The molecule has 0 aliphatic rings. The summed E-state index contributed by atoms with van der Waals surface area (Å²) in [5.74, 6) is -1.88. The number of hydrogen-bond donors (Lipinski definition) is 2. The van der Waals surface area contributed by atoms with E-state index in [0.29, 0.717) is 18.4 Å². The van der Waals surface area contributed by atoms with Crippen LogP contribution in [0.15, 0.2) is 36.4 Å². The summed E-state index contributed by atoms with van der Waals surface area (Å²) in [7, 11) is 0. The Labute approximate surface area is 129 Å². The van der Waals surface area contributed by atoms with Crippen LogP contribution in [0, 0.1) is 0 Å². The lowest BCUT2D eigenvalue weighted by Gasteiger charge is -2.13. The van der Waals surface area contributed by atoms with Gasteiger partial charge in [-0.15, -0.1) is 0 Å². The second kappa shape index (κ2) is 6.43. The number of aryl methyl sites for hydroxylation is 2. The Morgan fingerprint density at radius 1 is 0.864 bits per heavy atom. The molecule has 0 aliphatic heterocycles. The summed E-state index contributed by atoms with van der Waals surface area (Å²) < 4.78 is 0. The Bertz CT molecular complexity index is 715. The third-order valence-corrected chi connectivity index (χ3v) is 3.76. The molecule has 22 heavy (non-hydrogen) atoms. The van der Waals surface area contributed by atoms with E-state index in [1.54, 1.807) is 30.3 Å². The van der Waals surface area contributed by atoms with E-state index in [1.165, 1.54) is 0 Å². The van der Waals surface area contributed by atoms with Gasteiger partial charge in [-0.1, -0.05) is 32.0 Å². The first kappa shape index (κ1) is 15.8. The van der Waals surface area contributed by atoms with Crippen LogP contribution in [0.3, 0.4) is 0 Å². The number of carboxylic acids is 2. The van der Waals surface area contributed by atoms with Crippen molar-refractivity contribution in [1.29, 1.82) is 0 Å². The SMILES string of the molecule is CCc1cc(-c2ccc(C(=O)O)cc2)c(CC)cc1C(=O)O. The molecule has 2 aromatic carbocycles. The molecular formula is C18H18O4. The number of rotatable bonds is 5. The minimum absolute atomic E-state index is 0.236. The first-order valence-electron chi connectivity index (χ1n) is 7.20. The second-order valence-corrected chi connectivity index (χ2v) is 5.06. The molecule has 0 atom stereocenters. The minimum atomic E-state index is -0.960. The van der Waals surface area contributed by atoms with E-state index in [1.807, 2.05) is 19.9 Å². The first-order valence-corrected chi connectivity index (χ1v) is 7.20. The van der Waals surface area contributed by atoms with Crippen LogP contribution in [-0.4, -0.2) is 22.2 Å². The molecule has 4 heteroatoms. The third-order valence-electron chi connectivity index (χ3n) is 3.76. The normalized spacial score (nSPS) is 10.5. The first-order chi connectivity index (χ1) is 10.5. The minimum Gasteiger partial charge on any atom is -0.478 e. The Morgan fingerprint density at radius 3 is 1.91 bits per heavy atom. The molecule has 0 unspecified atom stereocenters. The zero-order chi connectivity index (χ0) is 16.3. The maximum absolute atomic E-state index is 11.4. The largest absolute Gasteiger partial charge is 0.478 e. The lowest BCUT2D eigenvalue weighted by Crippen LogP contribution is -2.04. The lowest BCUT2D eigenvalue weighted by atomic mass is 9.91. The second-order valence-electron chi connectivity index (χ2n) is 5.06. The van der Waals surface area contributed by atoms with Crippen LogP contribution in [0.1, 0.15) is 45.7 Å². The standard InChI is InChI=1S/C18H18O4/c1-3-11-10-16(18(21)22)12(4-2)9-15(11)13-5-7-14(8-6-13)17(19)20/h5-10H,3-4H2,1-2H3,(H,19,20)(H,21,22). The average Bonchev–Trinajstić information content (AvgIpc) is 2.53. The molecule has 0 bridgehead atoms. The van der Waals surface area contributed by atoms with E-state index in [0.717, 1.165) is 22.3 Å². The van der Waals surface area contributed by atoms with E-state index in [9.17, 15) is 14.7 Å². The summed E-state index contributed by atoms with van der Waals surface area (Å²) in [6, 6.07) is 10.3. The van der Waals surface area contributed by atoms with Crippen molar-refractivity contribution in [2.24, 2.45) is 0 Å². The highest BCUT2D eigenvalue weighted by molar-refractivity contribution is 5.91. The molecule has 0 fully saturated rings. The van der Waals surface area contributed by atoms with Gasteiger partial charge in [-0.2, -0.15) is 0 Å². The van der Waals surface area contributed by atoms with Crippen LogP contribution < -0.4 is 0 Å². The summed E-state index contributed by atoms with van der Waals surface area (Å²) in [4.78, 5) is 22.3. The Hall–Kier alpha value is -2.62. The molecule has 0 heterocycles. The van der Waals surface area contributed by atoms with Gasteiger partial charge in [0.25, 0.3) is 0 Å².